The number of hydrogen-bond donors (Lipinski definition) is 2. The van der Waals surface area contributed by atoms with E-state index in [1.807, 2.05) is 37.3 Å². The molecule has 1 aliphatic heterocycles. The number of rotatable bonds is 6. The predicted octanol–water partition coefficient (Wildman–Crippen LogP) is 2.59. The molecule has 6 nitrogen and oxygen atoms in total. The fraction of sp³-hybridized carbons (Fsp3) is 0.300. The summed E-state index contributed by atoms with van der Waals surface area (Å²) in [5, 5.41) is 0. The lowest BCUT2D eigenvalue weighted by Gasteiger charge is -2.29. The van der Waals surface area contributed by atoms with Crippen LogP contribution in [0.2, 0.25) is 0 Å². The first kappa shape index (κ1) is 19.4. The van der Waals surface area contributed by atoms with Crippen LogP contribution in [0.25, 0.3) is 5.70 Å². The summed E-state index contributed by atoms with van der Waals surface area (Å²) in [4.78, 5) is 4.93. The molecule has 0 atom stereocenters. The molecule has 0 amide bonds. The number of morpholine rings is 1. The van der Waals surface area contributed by atoms with E-state index in [1.54, 1.807) is 19.1 Å². The van der Waals surface area contributed by atoms with Crippen LogP contribution < -0.4 is 15.2 Å². The molecular weight excluding hydrogens is 362 g/mol. The Balaban J connectivity index is 1.65. The summed E-state index contributed by atoms with van der Waals surface area (Å²) in [7, 11) is -3.69. The Morgan fingerprint density at radius 1 is 1.07 bits per heavy atom. The zero-order valence-electron chi connectivity index (χ0n) is 15.7. The number of nitrogens with one attached hydrogen (secondary N) is 2. The molecule has 0 aliphatic carbocycles. The van der Waals surface area contributed by atoms with Crippen LogP contribution in [0.4, 0.5) is 5.69 Å². The van der Waals surface area contributed by atoms with Crippen molar-refractivity contribution in [3.63, 3.8) is 0 Å². The summed E-state index contributed by atoms with van der Waals surface area (Å²) >= 11 is 0. The zero-order valence-corrected chi connectivity index (χ0v) is 16.5. The van der Waals surface area contributed by atoms with E-state index in [4.69, 9.17) is 4.74 Å². The van der Waals surface area contributed by atoms with Crippen LogP contribution in [0.5, 0.6) is 0 Å². The fourth-order valence-electron chi connectivity index (χ4n) is 2.95. The van der Waals surface area contributed by atoms with Gasteiger partial charge in [0.15, 0.2) is 0 Å². The van der Waals surface area contributed by atoms with E-state index in [9.17, 15) is 8.42 Å². The van der Waals surface area contributed by atoms with Crippen molar-refractivity contribution in [2.24, 2.45) is 0 Å². The number of sulfonamides is 1. The monoisotopic (exact) mass is 387 g/mol. The largest absolute Gasteiger partial charge is 0.378 e. The van der Waals surface area contributed by atoms with Crippen LogP contribution in [0.15, 0.2) is 53.9 Å². The third-order valence-electron chi connectivity index (χ3n) is 4.56. The topological polar surface area (TPSA) is 70.7 Å². The fourth-order valence-corrected chi connectivity index (χ4v) is 4.15. The second kappa shape index (κ2) is 8.12. The number of nitrogens with zero attached hydrogens (tertiary/aromatic N) is 1. The molecule has 2 aromatic carbocycles. The Labute approximate surface area is 160 Å². The number of ether oxygens (including phenoxy) is 1. The van der Waals surface area contributed by atoms with Crippen molar-refractivity contribution < 1.29 is 13.2 Å². The standard InChI is InChI=1S/C20H25N3O3S/c1-15-4-5-16(2)20(14-15)27(24,25)22-21-17(3)18-6-8-19(9-7-18)23-10-12-26-13-11-23/h4-9,14,21-22H,3,10-13H2,1-2H3. The summed E-state index contributed by atoms with van der Waals surface area (Å²) in [5.74, 6) is 0. The third kappa shape index (κ3) is 4.68. The molecule has 2 N–H and O–H groups in total. The van der Waals surface area contributed by atoms with Crippen LogP contribution in [0.3, 0.4) is 0 Å². The predicted molar refractivity (Wildman–Crippen MR) is 108 cm³/mol. The van der Waals surface area contributed by atoms with Gasteiger partial charge in [0.05, 0.1) is 18.1 Å². The van der Waals surface area contributed by atoms with Crippen molar-refractivity contribution in [2.45, 2.75) is 18.7 Å². The van der Waals surface area contributed by atoms with Gasteiger partial charge in [0.25, 0.3) is 10.0 Å². The lowest BCUT2D eigenvalue weighted by molar-refractivity contribution is 0.122. The van der Waals surface area contributed by atoms with E-state index in [2.05, 4.69) is 21.7 Å². The molecule has 7 heteroatoms. The van der Waals surface area contributed by atoms with E-state index < -0.39 is 10.0 Å². The zero-order chi connectivity index (χ0) is 19.4. The summed E-state index contributed by atoms with van der Waals surface area (Å²) in [5.41, 5.74) is 6.71. The maximum absolute atomic E-state index is 12.6. The molecule has 0 saturated carbocycles. The minimum absolute atomic E-state index is 0.255. The molecule has 1 fully saturated rings. The average molecular weight is 388 g/mol. The number of anilines is 1. The molecule has 1 heterocycles. The van der Waals surface area contributed by atoms with Crippen LogP contribution in [0, 0.1) is 13.8 Å². The van der Waals surface area contributed by atoms with Gasteiger partial charge in [-0.2, -0.15) is 0 Å². The van der Waals surface area contributed by atoms with Gasteiger partial charge in [-0.1, -0.05) is 30.8 Å². The third-order valence-corrected chi connectivity index (χ3v) is 5.95. The minimum atomic E-state index is -3.69. The van der Waals surface area contributed by atoms with Gasteiger partial charge in [-0.05, 0) is 48.7 Å². The highest BCUT2D eigenvalue weighted by Crippen LogP contribution is 2.20. The first-order chi connectivity index (χ1) is 12.9. The first-order valence-corrected chi connectivity index (χ1v) is 10.3. The Hall–Kier alpha value is -2.35. The molecule has 0 bridgehead atoms. The molecule has 0 spiro atoms. The minimum Gasteiger partial charge on any atom is -0.378 e. The molecule has 0 unspecified atom stereocenters. The molecule has 144 valence electrons. The number of aryl methyl sites for hydroxylation is 2. The second-order valence-corrected chi connectivity index (χ2v) is 8.28. The van der Waals surface area contributed by atoms with Gasteiger partial charge in [0.2, 0.25) is 0 Å². The number of hydrazine groups is 1. The number of benzene rings is 2. The van der Waals surface area contributed by atoms with Crippen molar-refractivity contribution in [2.75, 3.05) is 31.2 Å². The van der Waals surface area contributed by atoms with Crippen molar-refractivity contribution in [3.05, 3.63) is 65.7 Å². The lowest BCUT2D eigenvalue weighted by Crippen LogP contribution is -2.36. The van der Waals surface area contributed by atoms with Crippen molar-refractivity contribution in [3.8, 4) is 0 Å². The normalized spacial score (nSPS) is 14.8. The van der Waals surface area contributed by atoms with Crippen LogP contribution in [-0.2, 0) is 14.8 Å². The first-order valence-electron chi connectivity index (χ1n) is 8.84. The highest BCUT2D eigenvalue weighted by Gasteiger charge is 2.17. The van der Waals surface area contributed by atoms with Gasteiger partial charge >= 0.3 is 0 Å². The summed E-state index contributed by atoms with van der Waals surface area (Å²) in [6.07, 6.45) is 0. The lowest BCUT2D eigenvalue weighted by atomic mass is 10.1. The highest BCUT2D eigenvalue weighted by atomic mass is 32.2. The quantitative estimate of drug-likeness (QED) is 0.746. The highest BCUT2D eigenvalue weighted by molar-refractivity contribution is 7.89. The van der Waals surface area contributed by atoms with E-state index in [1.165, 1.54) is 0 Å². The number of hydrogen-bond acceptors (Lipinski definition) is 5. The second-order valence-electron chi connectivity index (χ2n) is 6.62. The summed E-state index contributed by atoms with van der Waals surface area (Å²) in [6, 6.07) is 13.2. The molecule has 0 aromatic heterocycles. The van der Waals surface area contributed by atoms with Gasteiger partial charge in [0, 0.05) is 24.5 Å². The van der Waals surface area contributed by atoms with Crippen molar-refractivity contribution in [1.82, 2.24) is 10.3 Å². The molecule has 0 radical (unpaired) electrons. The Morgan fingerprint density at radius 2 is 1.74 bits per heavy atom. The molecule has 3 rings (SSSR count). The van der Waals surface area contributed by atoms with E-state index >= 15 is 0 Å². The van der Waals surface area contributed by atoms with Gasteiger partial charge in [-0.3, -0.25) is 0 Å². The molecular formula is C20H25N3O3S. The Bertz CT molecular complexity index is 918. The molecule has 2 aromatic rings. The smallest absolute Gasteiger partial charge is 0.257 e. The summed E-state index contributed by atoms with van der Waals surface area (Å²) < 4.78 is 30.5. The van der Waals surface area contributed by atoms with Gasteiger partial charge in [0.1, 0.15) is 0 Å². The van der Waals surface area contributed by atoms with Crippen LogP contribution >= 0.6 is 0 Å². The van der Waals surface area contributed by atoms with Crippen LogP contribution in [0.1, 0.15) is 16.7 Å². The Morgan fingerprint density at radius 3 is 2.41 bits per heavy atom. The summed E-state index contributed by atoms with van der Waals surface area (Å²) in [6.45, 7) is 10.8. The average Bonchev–Trinajstić information content (AvgIpc) is 2.69. The maximum Gasteiger partial charge on any atom is 0.257 e. The molecule has 1 saturated heterocycles. The van der Waals surface area contributed by atoms with E-state index in [-0.39, 0.29) is 4.90 Å². The molecule has 27 heavy (non-hydrogen) atoms. The SMILES string of the molecule is C=C(NNS(=O)(=O)c1cc(C)ccc1C)c1ccc(N2CCOCC2)cc1. The van der Waals surface area contributed by atoms with Gasteiger partial charge in [-0.15, -0.1) is 4.83 Å². The van der Waals surface area contributed by atoms with Gasteiger partial charge in [-0.25, -0.2) is 8.42 Å². The van der Waals surface area contributed by atoms with Crippen molar-refractivity contribution in [1.29, 1.82) is 0 Å². The van der Waals surface area contributed by atoms with Gasteiger partial charge < -0.3 is 15.1 Å². The maximum atomic E-state index is 12.6. The van der Waals surface area contributed by atoms with Crippen LogP contribution in [-0.4, -0.2) is 34.7 Å². The Kier molecular flexibility index (Phi) is 5.84. The molecule has 1 aliphatic rings. The van der Waals surface area contributed by atoms with E-state index in [0.717, 1.165) is 43.1 Å². The van der Waals surface area contributed by atoms with Crippen molar-refractivity contribution >= 4 is 21.4 Å². The van der Waals surface area contributed by atoms with E-state index in [0.29, 0.717) is 11.3 Å².